The smallest absolute Gasteiger partial charge is 0.339 e. The fourth-order valence-electron chi connectivity index (χ4n) is 2.57. The van der Waals surface area contributed by atoms with Crippen LogP contribution in [0.15, 0.2) is 12.1 Å². The number of hydrogen-bond donors (Lipinski definition) is 1. The van der Waals surface area contributed by atoms with E-state index in [0.717, 1.165) is 12.8 Å². The zero-order valence-electron chi connectivity index (χ0n) is 12.6. The van der Waals surface area contributed by atoms with Crippen LogP contribution < -0.4 is 0 Å². The van der Waals surface area contributed by atoms with Gasteiger partial charge in [0.05, 0.1) is 13.2 Å². The minimum absolute atomic E-state index is 0.0433. The SMILES string of the molecule is CCCC1(C)COC(O)(c2cc(F)c(C(F)(F)F)c(F)c2)OC1. The molecule has 130 valence electrons. The lowest BCUT2D eigenvalue weighted by atomic mass is 9.86. The summed E-state index contributed by atoms with van der Waals surface area (Å²) in [6.07, 6.45) is -3.60. The van der Waals surface area contributed by atoms with Crippen LogP contribution in [0.2, 0.25) is 0 Å². The van der Waals surface area contributed by atoms with Crippen molar-refractivity contribution in [2.24, 2.45) is 5.41 Å². The van der Waals surface area contributed by atoms with Gasteiger partial charge in [-0.3, -0.25) is 0 Å². The Balaban J connectivity index is 2.30. The Labute approximate surface area is 130 Å². The molecule has 8 heteroatoms. The van der Waals surface area contributed by atoms with E-state index in [1.54, 1.807) is 0 Å². The summed E-state index contributed by atoms with van der Waals surface area (Å²) in [7, 11) is 0. The Morgan fingerprint density at radius 2 is 1.61 bits per heavy atom. The molecule has 1 aliphatic heterocycles. The molecule has 2 rings (SSSR count). The van der Waals surface area contributed by atoms with Gasteiger partial charge in [0, 0.05) is 11.0 Å². The Bertz CT molecular complexity index is 554. The van der Waals surface area contributed by atoms with Crippen molar-refractivity contribution in [3.63, 3.8) is 0 Å². The molecule has 1 aromatic carbocycles. The maximum Gasteiger partial charge on any atom is 0.422 e. The number of aliphatic hydroxyl groups is 1. The fourth-order valence-corrected chi connectivity index (χ4v) is 2.57. The molecule has 0 amide bonds. The Morgan fingerprint density at radius 1 is 1.13 bits per heavy atom. The van der Waals surface area contributed by atoms with E-state index in [0.29, 0.717) is 12.1 Å². The Kier molecular flexibility index (Phi) is 4.71. The van der Waals surface area contributed by atoms with E-state index in [1.807, 2.05) is 13.8 Å². The van der Waals surface area contributed by atoms with Gasteiger partial charge in [-0.2, -0.15) is 13.2 Å². The van der Waals surface area contributed by atoms with Gasteiger partial charge in [0.1, 0.15) is 17.2 Å². The molecule has 1 aliphatic rings. The Morgan fingerprint density at radius 3 is 2.00 bits per heavy atom. The average Bonchev–Trinajstić information content (AvgIpc) is 2.40. The molecule has 3 nitrogen and oxygen atoms in total. The van der Waals surface area contributed by atoms with Gasteiger partial charge in [-0.25, -0.2) is 8.78 Å². The zero-order valence-corrected chi connectivity index (χ0v) is 12.6. The number of alkyl halides is 3. The summed E-state index contributed by atoms with van der Waals surface area (Å²) >= 11 is 0. The second-order valence-electron chi connectivity index (χ2n) is 6.03. The van der Waals surface area contributed by atoms with E-state index >= 15 is 0 Å². The highest BCUT2D eigenvalue weighted by atomic mass is 19.4. The summed E-state index contributed by atoms with van der Waals surface area (Å²) in [5.41, 5.74) is -2.96. The first-order valence-electron chi connectivity index (χ1n) is 7.08. The molecule has 0 saturated carbocycles. The minimum Gasteiger partial charge on any atom is -0.339 e. The molecule has 1 N–H and O–H groups in total. The molecule has 1 fully saturated rings. The van der Waals surface area contributed by atoms with Crippen LogP contribution in [0.5, 0.6) is 0 Å². The largest absolute Gasteiger partial charge is 0.422 e. The first-order valence-corrected chi connectivity index (χ1v) is 7.08. The molecule has 0 atom stereocenters. The normalized spacial score (nSPS) is 28.9. The number of rotatable bonds is 3. The van der Waals surface area contributed by atoms with Crippen LogP contribution in [0.25, 0.3) is 0 Å². The predicted molar refractivity (Wildman–Crippen MR) is 70.2 cm³/mol. The summed E-state index contributed by atoms with van der Waals surface area (Å²) in [6, 6.07) is 0.739. The van der Waals surface area contributed by atoms with Gasteiger partial charge in [0.15, 0.2) is 0 Å². The van der Waals surface area contributed by atoms with Crippen LogP contribution in [-0.2, 0) is 21.6 Å². The van der Waals surface area contributed by atoms with Crippen LogP contribution in [0.1, 0.15) is 37.8 Å². The molecular formula is C15H17F5O3. The monoisotopic (exact) mass is 340 g/mol. The van der Waals surface area contributed by atoms with Crippen molar-refractivity contribution in [1.29, 1.82) is 0 Å². The van der Waals surface area contributed by atoms with Gasteiger partial charge < -0.3 is 14.6 Å². The third-order valence-corrected chi connectivity index (χ3v) is 3.78. The molecule has 0 unspecified atom stereocenters. The molecule has 1 aromatic rings. The van der Waals surface area contributed by atoms with Crippen molar-refractivity contribution in [3.8, 4) is 0 Å². The van der Waals surface area contributed by atoms with E-state index < -0.39 is 34.9 Å². The highest BCUT2D eigenvalue weighted by molar-refractivity contribution is 5.30. The van der Waals surface area contributed by atoms with E-state index in [-0.39, 0.29) is 18.6 Å². The van der Waals surface area contributed by atoms with Gasteiger partial charge in [-0.05, 0) is 18.6 Å². The van der Waals surface area contributed by atoms with E-state index in [1.165, 1.54) is 0 Å². The summed E-state index contributed by atoms with van der Waals surface area (Å²) in [5.74, 6) is -6.15. The van der Waals surface area contributed by atoms with E-state index in [4.69, 9.17) is 9.47 Å². The number of benzene rings is 1. The maximum atomic E-state index is 13.6. The number of halogens is 5. The number of hydrogen-bond acceptors (Lipinski definition) is 3. The van der Waals surface area contributed by atoms with E-state index in [2.05, 4.69) is 0 Å². The summed E-state index contributed by atoms with van der Waals surface area (Å²) in [5, 5.41) is 10.2. The lowest BCUT2D eigenvalue weighted by Crippen LogP contribution is -2.46. The van der Waals surface area contributed by atoms with Crippen LogP contribution >= 0.6 is 0 Å². The van der Waals surface area contributed by atoms with Crippen LogP contribution in [0.4, 0.5) is 22.0 Å². The van der Waals surface area contributed by atoms with E-state index in [9.17, 15) is 27.1 Å². The standard InChI is InChI=1S/C15H17F5O3/c1-3-4-13(2)7-22-15(21,23-8-13)9-5-10(16)12(11(17)6-9)14(18,19)20/h5-6,21H,3-4,7-8H2,1-2H3. The molecule has 1 heterocycles. The van der Waals surface area contributed by atoms with Crippen molar-refractivity contribution in [3.05, 3.63) is 34.9 Å². The van der Waals surface area contributed by atoms with Crippen LogP contribution in [0.3, 0.4) is 0 Å². The summed E-state index contributed by atoms with van der Waals surface area (Å²) in [6.45, 7) is 3.89. The zero-order chi connectivity index (χ0) is 17.5. The van der Waals surface area contributed by atoms with Crippen LogP contribution in [-0.4, -0.2) is 18.3 Å². The van der Waals surface area contributed by atoms with Gasteiger partial charge in [0.25, 0.3) is 0 Å². The van der Waals surface area contributed by atoms with Crippen molar-refractivity contribution >= 4 is 0 Å². The third-order valence-electron chi connectivity index (χ3n) is 3.78. The molecule has 0 aliphatic carbocycles. The fraction of sp³-hybridized carbons (Fsp3) is 0.600. The maximum absolute atomic E-state index is 13.6. The molecule has 1 saturated heterocycles. The van der Waals surface area contributed by atoms with Gasteiger partial charge >= 0.3 is 12.1 Å². The second-order valence-corrected chi connectivity index (χ2v) is 6.03. The topological polar surface area (TPSA) is 38.7 Å². The predicted octanol–water partition coefficient (Wildman–Crippen LogP) is 3.94. The lowest BCUT2D eigenvalue weighted by Gasteiger charge is -2.41. The average molecular weight is 340 g/mol. The molecule has 0 bridgehead atoms. The van der Waals surface area contributed by atoms with Crippen LogP contribution in [0, 0.1) is 17.0 Å². The molecule has 0 spiro atoms. The molecule has 0 aromatic heterocycles. The second kappa shape index (κ2) is 5.99. The molecule has 0 radical (unpaired) electrons. The Hall–Kier alpha value is -1.25. The number of ether oxygens (including phenoxy) is 2. The lowest BCUT2D eigenvalue weighted by molar-refractivity contribution is -0.415. The summed E-state index contributed by atoms with van der Waals surface area (Å²) < 4.78 is 75.3. The van der Waals surface area contributed by atoms with Crippen molar-refractivity contribution in [2.45, 2.75) is 38.8 Å². The highest BCUT2D eigenvalue weighted by Gasteiger charge is 2.45. The molecular weight excluding hydrogens is 323 g/mol. The third kappa shape index (κ3) is 3.64. The van der Waals surface area contributed by atoms with Gasteiger partial charge in [-0.1, -0.05) is 20.3 Å². The van der Waals surface area contributed by atoms with Gasteiger partial charge in [-0.15, -0.1) is 0 Å². The highest BCUT2D eigenvalue weighted by Crippen LogP contribution is 2.40. The van der Waals surface area contributed by atoms with Gasteiger partial charge in [0.2, 0.25) is 0 Å². The van der Waals surface area contributed by atoms with Crippen molar-refractivity contribution in [1.82, 2.24) is 0 Å². The minimum atomic E-state index is -5.18. The quantitative estimate of drug-likeness (QED) is 0.847. The first-order chi connectivity index (χ1) is 10.5. The first kappa shape index (κ1) is 18.1. The van der Waals surface area contributed by atoms with Crippen molar-refractivity contribution in [2.75, 3.05) is 13.2 Å². The van der Waals surface area contributed by atoms with Crippen molar-refractivity contribution < 1.29 is 36.5 Å². The summed E-state index contributed by atoms with van der Waals surface area (Å²) in [4.78, 5) is 0. The molecule has 23 heavy (non-hydrogen) atoms.